The van der Waals surface area contributed by atoms with Crippen molar-refractivity contribution >= 4 is 11.7 Å². The van der Waals surface area contributed by atoms with E-state index >= 15 is 0 Å². The first-order valence-electron chi connectivity index (χ1n) is 7.06. The Bertz CT molecular complexity index is 417. The zero-order valence-electron chi connectivity index (χ0n) is 12.5. The molecule has 0 bridgehead atoms. The normalized spacial score (nSPS) is 12.0. The molecule has 5 nitrogen and oxygen atoms in total. The van der Waals surface area contributed by atoms with Crippen LogP contribution in [0.1, 0.15) is 31.9 Å². The minimum absolute atomic E-state index is 0.0236. The van der Waals surface area contributed by atoms with Crippen LogP contribution in [0.5, 0.6) is 0 Å². The Morgan fingerprint density at radius 1 is 1.40 bits per heavy atom. The fraction of sp³-hybridized carbons (Fsp3) is 0.533. The van der Waals surface area contributed by atoms with Crippen molar-refractivity contribution in [2.24, 2.45) is 0 Å². The van der Waals surface area contributed by atoms with Gasteiger partial charge < -0.3 is 20.6 Å². The van der Waals surface area contributed by atoms with Crippen molar-refractivity contribution in [1.82, 2.24) is 10.2 Å². The Kier molecular flexibility index (Phi) is 7.04. The van der Waals surface area contributed by atoms with Gasteiger partial charge in [0, 0.05) is 24.8 Å². The lowest BCUT2D eigenvalue weighted by atomic mass is 10.1. The third kappa shape index (κ3) is 4.83. The minimum Gasteiger partial charge on any atom is -0.395 e. The highest BCUT2D eigenvalue weighted by molar-refractivity contribution is 5.89. The smallest absolute Gasteiger partial charge is 0.321 e. The van der Waals surface area contributed by atoms with Crippen molar-refractivity contribution in [3.05, 3.63) is 29.8 Å². The van der Waals surface area contributed by atoms with Gasteiger partial charge in [-0.3, -0.25) is 0 Å². The van der Waals surface area contributed by atoms with Gasteiger partial charge in [-0.1, -0.05) is 19.1 Å². The highest BCUT2D eigenvalue weighted by Gasteiger charge is 2.12. The number of carbonyl (C=O) groups excluding carboxylic acids is 1. The Morgan fingerprint density at radius 3 is 2.75 bits per heavy atom. The molecule has 1 atom stereocenters. The summed E-state index contributed by atoms with van der Waals surface area (Å²) in [7, 11) is 1.90. The Morgan fingerprint density at radius 2 is 2.15 bits per heavy atom. The molecule has 0 radical (unpaired) electrons. The number of hydrogen-bond acceptors (Lipinski definition) is 3. The van der Waals surface area contributed by atoms with Crippen molar-refractivity contribution in [1.29, 1.82) is 0 Å². The van der Waals surface area contributed by atoms with Gasteiger partial charge in [0.25, 0.3) is 0 Å². The lowest BCUT2D eigenvalue weighted by molar-refractivity contribution is 0.188. The topological polar surface area (TPSA) is 64.6 Å². The second-order valence-corrected chi connectivity index (χ2v) is 4.78. The van der Waals surface area contributed by atoms with E-state index < -0.39 is 0 Å². The molecule has 1 aromatic carbocycles. The van der Waals surface area contributed by atoms with Crippen LogP contribution in [0.4, 0.5) is 10.5 Å². The van der Waals surface area contributed by atoms with Crippen LogP contribution in [0, 0.1) is 0 Å². The number of nitrogens with one attached hydrogen (secondary N) is 2. The highest BCUT2D eigenvalue weighted by Crippen LogP contribution is 2.17. The number of benzene rings is 1. The first-order valence-corrected chi connectivity index (χ1v) is 7.06. The fourth-order valence-corrected chi connectivity index (χ4v) is 1.96. The number of urea groups is 1. The molecule has 0 aliphatic rings. The van der Waals surface area contributed by atoms with E-state index in [1.807, 2.05) is 38.2 Å². The van der Waals surface area contributed by atoms with Gasteiger partial charge in [-0.25, -0.2) is 4.79 Å². The summed E-state index contributed by atoms with van der Waals surface area (Å²) in [6.07, 6.45) is 0.865. The zero-order valence-corrected chi connectivity index (χ0v) is 12.5. The number of rotatable bonds is 7. The number of hydrogen-bond donors (Lipinski definition) is 3. The van der Waals surface area contributed by atoms with Crippen LogP contribution in [0.2, 0.25) is 0 Å². The first-order chi connectivity index (χ1) is 9.62. The number of nitrogens with zero attached hydrogens (tertiary/aromatic N) is 1. The monoisotopic (exact) mass is 279 g/mol. The summed E-state index contributed by atoms with van der Waals surface area (Å²) in [5.41, 5.74) is 1.89. The number of anilines is 1. The summed E-state index contributed by atoms with van der Waals surface area (Å²) in [6.45, 7) is 5.04. The maximum absolute atomic E-state index is 12.1. The minimum atomic E-state index is -0.171. The summed E-state index contributed by atoms with van der Waals surface area (Å²) in [4.78, 5) is 13.8. The van der Waals surface area contributed by atoms with Crippen LogP contribution in [0.3, 0.4) is 0 Å². The first kappa shape index (κ1) is 16.5. The third-order valence-corrected chi connectivity index (χ3v) is 3.22. The Labute approximate surface area is 121 Å². The van der Waals surface area contributed by atoms with E-state index in [-0.39, 0.29) is 18.7 Å². The Hall–Kier alpha value is -1.59. The van der Waals surface area contributed by atoms with Gasteiger partial charge in [0.05, 0.1) is 6.61 Å². The molecule has 0 heterocycles. The molecule has 0 aliphatic carbocycles. The van der Waals surface area contributed by atoms with Gasteiger partial charge in [0.15, 0.2) is 0 Å². The van der Waals surface area contributed by atoms with Gasteiger partial charge in [0.2, 0.25) is 0 Å². The van der Waals surface area contributed by atoms with E-state index in [4.69, 9.17) is 5.11 Å². The molecule has 112 valence electrons. The van der Waals surface area contributed by atoms with Gasteiger partial charge in [-0.15, -0.1) is 0 Å². The number of aliphatic hydroxyl groups is 1. The van der Waals surface area contributed by atoms with Crippen LogP contribution in [-0.2, 0) is 0 Å². The SMILES string of the molecule is CCCN(CCO)C(=O)Nc1cccc(C(C)NC)c1. The summed E-state index contributed by atoms with van der Waals surface area (Å²) < 4.78 is 0. The quantitative estimate of drug-likeness (QED) is 0.717. The highest BCUT2D eigenvalue weighted by atomic mass is 16.3. The standard InChI is InChI=1S/C15H25N3O2/c1-4-8-18(9-10-19)15(20)17-14-7-5-6-13(11-14)12(2)16-3/h5-7,11-12,16,19H,4,8-10H2,1-3H3,(H,17,20). The summed E-state index contributed by atoms with van der Waals surface area (Å²) >= 11 is 0. The van der Waals surface area contributed by atoms with E-state index in [0.717, 1.165) is 17.7 Å². The summed E-state index contributed by atoms with van der Waals surface area (Å²) in [6, 6.07) is 7.84. The molecule has 2 amide bonds. The molecule has 0 saturated carbocycles. The molecule has 0 fully saturated rings. The average Bonchev–Trinajstić information content (AvgIpc) is 2.46. The zero-order chi connectivity index (χ0) is 15.0. The number of amides is 2. The van der Waals surface area contributed by atoms with E-state index in [1.54, 1.807) is 4.90 Å². The van der Waals surface area contributed by atoms with Crippen LogP contribution in [-0.4, -0.2) is 42.8 Å². The molecule has 0 spiro atoms. The van der Waals surface area contributed by atoms with Crippen molar-refractivity contribution in [2.45, 2.75) is 26.3 Å². The molecule has 0 saturated heterocycles. The van der Waals surface area contributed by atoms with Gasteiger partial charge in [0.1, 0.15) is 0 Å². The maximum Gasteiger partial charge on any atom is 0.321 e. The van der Waals surface area contributed by atoms with E-state index in [0.29, 0.717) is 13.1 Å². The number of aliphatic hydroxyl groups excluding tert-OH is 1. The van der Waals surface area contributed by atoms with Crippen molar-refractivity contribution in [3.8, 4) is 0 Å². The molecule has 0 aromatic heterocycles. The molecule has 20 heavy (non-hydrogen) atoms. The molecule has 0 aliphatic heterocycles. The molecule has 1 aromatic rings. The molecule has 3 N–H and O–H groups in total. The van der Waals surface area contributed by atoms with Gasteiger partial charge >= 0.3 is 6.03 Å². The molecule has 5 heteroatoms. The van der Waals surface area contributed by atoms with Crippen molar-refractivity contribution in [2.75, 3.05) is 32.1 Å². The summed E-state index contributed by atoms with van der Waals surface area (Å²) in [5, 5.41) is 15.0. The fourth-order valence-electron chi connectivity index (χ4n) is 1.96. The molecular weight excluding hydrogens is 254 g/mol. The largest absolute Gasteiger partial charge is 0.395 e. The second kappa shape index (κ2) is 8.55. The third-order valence-electron chi connectivity index (χ3n) is 3.22. The predicted octanol–water partition coefficient (Wildman–Crippen LogP) is 2.20. The van der Waals surface area contributed by atoms with Gasteiger partial charge in [-0.05, 0) is 38.1 Å². The molecule has 1 unspecified atom stereocenters. The van der Waals surface area contributed by atoms with Crippen molar-refractivity contribution < 1.29 is 9.90 Å². The summed E-state index contributed by atoms with van der Waals surface area (Å²) in [5.74, 6) is 0. The van der Waals surface area contributed by atoms with Crippen LogP contribution >= 0.6 is 0 Å². The van der Waals surface area contributed by atoms with Gasteiger partial charge in [-0.2, -0.15) is 0 Å². The Balaban J connectivity index is 2.73. The van der Waals surface area contributed by atoms with Crippen molar-refractivity contribution in [3.63, 3.8) is 0 Å². The second-order valence-electron chi connectivity index (χ2n) is 4.78. The molecular formula is C15H25N3O2. The van der Waals surface area contributed by atoms with Crippen LogP contribution < -0.4 is 10.6 Å². The van der Waals surface area contributed by atoms with E-state index in [1.165, 1.54) is 0 Å². The van der Waals surface area contributed by atoms with E-state index in [2.05, 4.69) is 17.6 Å². The number of carbonyl (C=O) groups is 1. The maximum atomic E-state index is 12.1. The van der Waals surface area contributed by atoms with Crippen LogP contribution in [0.25, 0.3) is 0 Å². The lowest BCUT2D eigenvalue weighted by Gasteiger charge is -2.22. The van der Waals surface area contributed by atoms with E-state index in [9.17, 15) is 4.79 Å². The molecule has 1 rings (SSSR count). The average molecular weight is 279 g/mol. The van der Waals surface area contributed by atoms with Crippen LogP contribution in [0.15, 0.2) is 24.3 Å². The lowest BCUT2D eigenvalue weighted by Crippen LogP contribution is -2.37. The predicted molar refractivity (Wildman–Crippen MR) is 81.9 cm³/mol.